The fraction of sp³-hybridized carbons (Fsp3) is 0.0526. The summed E-state index contributed by atoms with van der Waals surface area (Å²) >= 11 is 1.26. The highest BCUT2D eigenvalue weighted by Crippen LogP contribution is 2.25. The van der Waals surface area contributed by atoms with E-state index in [-0.39, 0.29) is 5.91 Å². The molecule has 0 saturated heterocycles. The lowest BCUT2D eigenvalue weighted by Gasteiger charge is -2.00. The Kier molecular flexibility index (Phi) is 4.63. The first-order chi connectivity index (χ1) is 13.2. The maximum absolute atomic E-state index is 12.1. The molecule has 2 aromatic heterocycles. The zero-order valence-electron chi connectivity index (χ0n) is 14.4. The number of aromatic nitrogens is 4. The van der Waals surface area contributed by atoms with Crippen molar-refractivity contribution in [3.8, 4) is 17.1 Å². The molecule has 27 heavy (non-hydrogen) atoms. The molecule has 2 heterocycles. The lowest BCUT2D eigenvalue weighted by atomic mass is 10.2. The minimum absolute atomic E-state index is 0.255. The van der Waals surface area contributed by atoms with Crippen LogP contribution >= 0.6 is 11.3 Å². The number of amides is 1. The average molecular weight is 377 g/mol. The monoisotopic (exact) mass is 377 g/mol. The summed E-state index contributed by atoms with van der Waals surface area (Å²) in [6, 6.07) is 17.1. The van der Waals surface area contributed by atoms with Crippen molar-refractivity contribution in [2.45, 2.75) is 0 Å². The highest BCUT2D eigenvalue weighted by molar-refractivity contribution is 7.20. The van der Waals surface area contributed by atoms with E-state index in [9.17, 15) is 4.79 Å². The standard InChI is InChI=1S/C19H15N5O2S/c1-26-15-10-8-14(9-11-15)17-21-22-19-24(17)23-18(27-19)20-16(25)12-7-13-5-3-2-4-6-13/h2-12H,1H3,(H,20,23,25). The van der Waals surface area contributed by atoms with Crippen molar-refractivity contribution in [2.24, 2.45) is 0 Å². The highest BCUT2D eigenvalue weighted by atomic mass is 32.1. The normalized spacial score (nSPS) is 11.1. The van der Waals surface area contributed by atoms with Crippen molar-refractivity contribution in [2.75, 3.05) is 12.4 Å². The van der Waals surface area contributed by atoms with E-state index in [2.05, 4.69) is 20.6 Å². The summed E-state index contributed by atoms with van der Waals surface area (Å²) < 4.78 is 6.78. The summed E-state index contributed by atoms with van der Waals surface area (Å²) in [5.74, 6) is 1.11. The van der Waals surface area contributed by atoms with Gasteiger partial charge >= 0.3 is 0 Å². The van der Waals surface area contributed by atoms with Crippen LogP contribution in [0, 0.1) is 0 Å². The number of nitrogens with one attached hydrogen (secondary N) is 1. The predicted molar refractivity (Wildman–Crippen MR) is 105 cm³/mol. The number of benzene rings is 2. The van der Waals surface area contributed by atoms with Crippen LogP contribution in [0.3, 0.4) is 0 Å². The zero-order valence-corrected chi connectivity index (χ0v) is 15.2. The summed E-state index contributed by atoms with van der Waals surface area (Å²) in [5, 5.41) is 15.9. The lowest BCUT2D eigenvalue weighted by molar-refractivity contribution is -0.111. The van der Waals surface area contributed by atoms with Crippen LogP contribution in [0.15, 0.2) is 60.7 Å². The van der Waals surface area contributed by atoms with Gasteiger partial charge in [0.2, 0.25) is 16.0 Å². The summed E-state index contributed by atoms with van der Waals surface area (Å²) in [6.07, 6.45) is 3.22. The van der Waals surface area contributed by atoms with E-state index >= 15 is 0 Å². The van der Waals surface area contributed by atoms with Crippen LogP contribution in [0.4, 0.5) is 5.13 Å². The van der Waals surface area contributed by atoms with Gasteiger partial charge in [0.15, 0.2) is 5.82 Å². The van der Waals surface area contributed by atoms with Crippen LogP contribution in [0.1, 0.15) is 5.56 Å². The van der Waals surface area contributed by atoms with Gasteiger partial charge < -0.3 is 4.74 Å². The van der Waals surface area contributed by atoms with Crippen LogP contribution in [0.5, 0.6) is 5.75 Å². The molecule has 0 radical (unpaired) electrons. The minimum Gasteiger partial charge on any atom is -0.497 e. The third-order valence-electron chi connectivity index (χ3n) is 3.80. The number of nitrogens with zero attached hydrogens (tertiary/aromatic N) is 4. The predicted octanol–water partition coefficient (Wildman–Crippen LogP) is 3.51. The van der Waals surface area contributed by atoms with Crippen molar-refractivity contribution in [1.82, 2.24) is 19.8 Å². The second kappa shape index (κ2) is 7.38. The first-order valence-corrected chi connectivity index (χ1v) is 8.95. The minimum atomic E-state index is -0.255. The number of anilines is 1. The summed E-state index contributed by atoms with van der Waals surface area (Å²) in [6.45, 7) is 0. The second-order valence-corrected chi connectivity index (χ2v) is 6.54. The molecule has 0 aliphatic heterocycles. The number of methoxy groups -OCH3 is 1. The van der Waals surface area contributed by atoms with Crippen molar-refractivity contribution >= 4 is 33.4 Å². The van der Waals surface area contributed by atoms with Crippen molar-refractivity contribution < 1.29 is 9.53 Å². The Morgan fingerprint density at radius 3 is 2.63 bits per heavy atom. The van der Waals surface area contributed by atoms with Crippen LogP contribution in [0.2, 0.25) is 0 Å². The number of fused-ring (bicyclic) bond motifs is 1. The molecule has 4 rings (SSSR count). The van der Waals surface area contributed by atoms with Gasteiger partial charge in [-0.15, -0.1) is 15.3 Å². The lowest BCUT2D eigenvalue weighted by Crippen LogP contribution is -2.07. The molecule has 0 aliphatic rings. The molecule has 0 spiro atoms. The molecule has 2 aromatic carbocycles. The molecule has 0 atom stereocenters. The maximum atomic E-state index is 12.1. The van der Waals surface area contributed by atoms with Gasteiger partial charge in [0.05, 0.1) is 7.11 Å². The highest BCUT2D eigenvalue weighted by Gasteiger charge is 2.14. The SMILES string of the molecule is COc1ccc(-c2nnc3sc(NC(=O)C=Cc4ccccc4)nn23)cc1. The maximum Gasteiger partial charge on any atom is 0.250 e. The summed E-state index contributed by atoms with van der Waals surface area (Å²) in [5.41, 5.74) is 1.81. The number of rotatable bonds is 5. The fourth-order valence-corrected chi connectivity index (χ4v) is 3.21. The molecule has 0 unspecified atom stereocenters. The molecule has 4 aromatic rings. The van der Waals surface area contributed by atoms with Gasteiger partial charge in [0.25, 0.3) is 0 Å². The molecule has 0 bridgehead atoms. The number of carbonyl (C=O) groups excluding carboxylic acids is 1. The first kappa shape index (κ1) is 16.9. The van der Waals surface area contributed by atoms with Crippen LogP contribution in [-0.2, 0) is 4.79 Å². The Balaban J connectivity index is 1.53. The van der Waals surface area contributed by atoms with E-state index in [0.29, 0.717) is 15.9 Å². The van der Waals surface area contributed by atoms with Crippen LogP contribution < -0.4 is 10.1 Å². The molecular weight excluding hydrogens is 362 g/mol. The molecule has 0 fully saturated rings. The molecule has 8 heteroatoms. The molecule has 134 valence electrons. The van der Waals surface area contributed by atoms with Gasteiger partial charge in [-0.1, -0.05) is 41.7 Å². The largest absolute Gasteiger partial charge is 0.497 e. The Bertz CT molecular complexity index is 1100. The van der Waals surface area contributed by atoms with Crippen molar-refractivity contribution in [1.29, 1.82) is 0 Å². The van der Waals surface area contributed by atoms with E-state index in [1.165, 1.54) is 17.4 Å². The Labute approximate surface area is 158 Å². The topological polar surface area (TPSA) is 81.4 Å². The molecule has 7 nitrogen and oxygen atoms in total. The van der Waals surface area contributed by atoms with E-state index < -0.39 is 0 Å². The quantitative estimate of drug-likeness (QED) is 0.538. The second-order valence-electron chi connectivity index (χ2n) is 5.59. The van der Waals surface area contributed by atoms with Crippen molar-refractivity contribution in [3.05, 3.63) is 66.2 Å². The van der Waals surface area contributed by atoms with Gasteiger partial charge in [0, 0.05) is 11.6 Å². The third kappa shape index (κ3) is 3.70. The van der Waals surface area contributed by atoms with Gasteiger partial charge in [0.1, 0.15) is 5.75 Å². The Morgan fingerprint density at radius 2 is 1.89 bits per heavy atom. The van der Waals surface area contributed by atoms with E-state index in [0.717, 1.165) is 16.9 Å². The zero-order chi connectivity index (χ0) is 18.6. The first-order valence-electron chi connectivity index (χ1n) is 8.14. The molecule has 0 aliphatic carbocycles. The number of ether oxygens (including phenoxy) is 1. The molecule has 1 amide bonds. The fourth-order valence-electron chi connectivity index (χ4n) is 2.47. The van der Waals surface area contributed by atoms with Gasteiger partial charge in [-0.3, -0.25) is 10.1 Å². The number of hydrogen-bond acceptors (Lipinski definition) is 6. The summed E-state index contributed by atoms with van der Waals surface area (Å²) in [4.78, 5) is 12.7. The molecule has 1 N–H and O–H groups in total. The molecule has 0 saturated carbocycles. The Morgan fingerprint density at radius 1 is 1.11 bits per heavy atom. The van der Waals surface area contributed by atoms with E-state index in [1.54, 1.807) is 17.7 Å². The number of hydrogen-bond donors (Lipinski definition) is 1. The number of carbonyl (C=O) groups is 1. The van der Waals surface area contributed by atoms with Crippen LogP contribution in [-0.4, -0.2) is 32.8 Å². The van der Waals surface area contributed by atoms with E-state index in [4.69, 9.17) is 4.74 Å². The van der Waals surface area contributed by atoms with Gasteiger partial charge in [-0.05, 0) is 35.9 Å². The molecular formula is C19H15N5O2S. The third-order valence-corrected chi connectivity index (χ3v) is 4.61. The van der Waals surface area contributed by atoms with Gasteiger partial charge in [-0.2, -0.15) is 4.52 Å². The van der Waals surface area contributed by atoms with Gasteiger partial charge in [-0.25, -0.2) is 0 Å². The average Bonchev–Trinajstić information content (AvgIpc) is 3.27. The van der Waals surface area contributed by atoms with Crippen LogP contribution in [0.25, 0.3) is 22.4 Å². The smallest absolute Gasteiger partial charge is 0.250 e. The Hall–Kier alpha value is -3.52. The van der Waals surface area contributed by atoms with E-state index in [1.807, 2.05) is 54.6 Å². The van der Waals surface area contributed by atoms with Crippen molar-refractivity contribution in [3.63, 3.8) is 0 Å². The summed E-state index contributed by atoms with van der Waals surface area (Å²) in [7, 11) is 1.62.